The van der Waals surface area contributed by atoms with Gasteiger partial charge >= 0.3 is 0 Å². The fourth-order valence-corrected chi connectivity index (χ4v) is 2.33. The van der Waals surface area contributed by atoms with Gasteiger partial charge in [0.25, 0.3) is 0 Å². The van der Waals surface area contributed by atoms with E-state index in [1.165, 1.54) is 11.0 Å². The van der Waals surface area contributed by atoms with Gasteiger partial charge in [0.15, 0.2) is 0 Å². The van der Waals surface area contributed by atoms with Gasteiger partial charge in [0.2, 0.25) is 11.8 Å². The van der Waals surface area contributed by atoms with Crippen molar-refractivity contribution in [3.63, 3.8) is 0 Å². The average molecular weight is 262 g/mol. The van der Waals surface area contributed by atoms with Crippen LogP contribution in [0.4, 0.5) is 10.1 Å². The summed E-state index contributed by atoms with van der Waals surface area (Å²) in [6.45, 7) is 0.262. The zero-order valence-electron chi connectivity index (χ0n) is 10.4. The van der Waals surface area contributed by atoms with E-state index in [4.69, 9.17) is 0 Å². The number of nitrogens with one attached hydrogen (secondary N) is 1. The Bertz CT molecular complexity index is 528. The minimum Gasteiger partial charge on any atom is -0.353 e. The maximum absolute atomic E-state index is 13.7. The number of benzene rings is 1. The van der Waals surface area contributed by atoms with Gasteiger partial charge in [0.05, 0.1) is 11.6 Å². The predicted octanol–water partition coefficient (Wildman–Crippen LogP) is 1.46. The molecule has 1 saturated heterocycles. The fourth-order valence-electron chi connectivity index (χ4n) is 2.33. The maximum Gasteiger partial charge on any atom is 0.227 e. The Balaban J connectivity index is 1.72. The Morgan fingerprint density at radius 3 is 2.74 bits per heavy atom. The molecule has 0 aromatic heterocycles. The Morgan fingerprint density at radius 2 is 2.05 bits per heavy atom. The molecule has 5 heteroatoms. The zero-order valence-corrected chi connectivity index (χ0v) is 10.4. The molecule has 0 bridgehead atoms. The van der Waals surface area contributed by atoms with E-state index in [0.29, 0.717) is 0 Å². The van der Waals surface area contributed by atoms with E-state index in [9.17, 15) is 14.0 Å². The van der Waals surface area contributed by atoms with Crippen LogP contribution in [0.25, 0.3) is 0 Å². The molecule has 1 unspecified atom stereocenters. The number of para-hydroxylation sites is 1. The second kappa shape index (κ2) is 4.64. The topological polar surface area (TPSA) is 49.4 Å². The summed E-state index contributed by atoms with van der Waals surface area (Å²) in [6, 6.07) is 6.43. The summed E-state index contributed by atoms with van der Waals surface area (Å²) in [4.78, 5) is 25.2. The molecule has 4 nitrogen and oxygen atoms in total. The normalized spacial score (nSPS) is 22.7. The molecule has 2 amide bonds. The molecule has 0 spiro atoms. The van der Waals surface area contributed by atoms with Crippen molar-refractivity contribution in [2.24, 2.45) is 5.92 Å². The lowest BCUT2D eigenvalue weighted by atomic mass is 10.1. The van der Waals surface area contributed by atoms with Crippen LogP contribution in [-0.4, -0.2) is 24.4 Å². The van der Waals surface area contributed by atoms with Gasteiger partial charge in [0, 0.05) is 19.0 Å². The third-order valence-corrected chi connectivity index (χ3v) is 3.56. The second-order valence-electron chi connectivity index (χ2n) is 5.14. The smallest absolute Gasteiger partial charge is 0.227 e. The SMILES string of the molecule is O=C(NC1CC1)C1CC(=O)N(c2ccccc2F)C1. The van der Waals surface area contributed by atoms with Crippen LogP contribution in [0.5, 0.6) is 0 Å². The van der Waals surface area contributed by atoms with Crippen molar-refractivity contribution in [2.75, 3.05) is 11.4 Å². The number of rotatable bonds is 3. The van der Waals surface area contributed by atoms with Crippen LogP contribution in [-0.2, 0) is 9.59 Å². The highest BCUT2D eigenvalue weighted by Gasteiger charge is 2.37. The van der Waals surface area contributed by atoms with E-state index in [1.54, 1.807) is 18.2 Å². The predicted molar refractivity (Wildman–Crippen MR) is 68.0 cm³/mol. The van der Waals surface area contributed by atoms with Gasteiger partial charge in [-0.25, -0.2) is 4.39 Å². The van der Waals surface area contributed by atoms with Crippen LogP contribution in [0, 0.1) is 11.7 Å². The van der Waals surface area contributed by atoms with Crippen LogP contribution < -0.4 is 10.2 Å². The van der Waals surface area contributed by atoms with Crippen molar-refractivity contribution in [3.8, 4) is 0 Å². The highest BCUT2D eigenvalue weighted by molar-refractivity contribution is 6.00. The summed E-state index contributed by atoms with van der Waals surface area (Å²) in [5.74, 6) is -1.08. The number of hydrogen-bond donors (Lipinski definition) is 1. The van der Waals surface area contributed by atoms with E-state index in [0.717, 1.165) is 12.8 Å². The van der Waals surface area contributed by atoms with Crippen molar-refractivity contribution < 1.29 is 14.0 Å². The van der Waals surface area contributed by atoms with Crippen molar-refractivity contribution in [2.45, 2.75) is 25.3 Å². The number of nitrogens with zero attached hydrogens (tertiary/aromatic N) is 1. The molecule has 3 rings (SSSR count). The molecule has 1 aromatic carbocycles. The fraction of sp³-hybridized carbons (Fsp3) is 0.429. The highest BCUT2D eigenvalue weighted by Crippen LogP contribution is 2.28. The van der Waals surface area contributed by atoms with Gasteiger partial charge in [-0.15, -0.1) is 0 Å². The summed E-state index contributed by atoms with van der Waals surface area (Å²) in [6.07, 6.45) is 2.19. The van der Waals surface area contributed by atoms with Crippen LogP contribution in [0.1, 0.15) is 19.3 Å². The zero-order chi connectivity index (χ0) is 13.4. The molecule has 2 aliphatic rings. The minimum absolute atomic E-state index is 0.0883. The van der Waals surface area contributed by atoms with Crippen molar-refractivity contribution >= 4 is 17.5 Å². The number of halogens is 1. The first-order valence-electron chi connectivity index (χ1n) is 6.50. The average Bonchev–Trinajstić information content (AvgIpc) is 3.11. The lowest BCUT2D eigenvalue weighted by Crippen LogP contribution is -2.34. The number of carbonyl (C=O) groups is 2. The monoisotopic (exact) mass is 262 g/mol. The lowest BCUT2D eigenvalue weighted by Gasteiger charge is -2.17. The van der Waals surface area contributed by atoms with Crippen molar-refractivity contribution in [1.82, 2.24) is 5.32 Å². The summed E-state index contributed by atoms with van der Waals surface area (Å²) in [5.41, 5.74) is 0.259. The Morgan fingerprint density at radius 1 is 1.32 bits per heavy atom. The minimum atomic E-state index is -0.431. The Kier molecular flexibility index (Phi) is 2.97. The molecule has 1 atom stereocenters. The highest BCUT2D eigenvalue weighted by atomic mass is 19.1. The third kappa shape index (κ3) is 2.45. The number of carbonyl (C=O) groups excluding carboxylic acids is 2. The number of anilines is 1. The first kappa shape index (κ1) is 12.1. The van der Waals surface area contributed by atoms with Gasteiger partial charge in [-0.3, -0.25) is 9.59 Å². The largest absolute Gasteiger partial charge is 0.353 e. The molecule has 2 fully saturated rings. The van der Waals surface area contributed by atoms with Crippen LogP contribution in [0.3, 0.4) is 0 Å². The van der Waals surface area contributed by atoms with E-state index in [1.807, 2.05) is 0 Å². The molecule has 1 saturated carbocycles. The molecule has 1 aliphatic heterocycles. The quantitative estimate of drug-likeness (QED) is 0.896. The molecule has 1 aromatic rings. The number of amides is 2. The first-order chi connectivity index (χ1) is 9.15. The van der Waals surface area contributed by atoms with Crippen molar-refractivity contribution in [3.05, 3.63) is 30.1 Å². The van der Waals surface area contributed by atoms with Crippen LogP contribution in [0.2, 0.25) is 0 Å². The van der Waals surface area contributed by atoms with Crippen LogP contribution in [0.15, 0.2) is 24.3 Å². The molecule has 0 radical (unpaired) electrons. The van der Waals surface area contributed by atoms with E-state index in [2.05, 4.69) is 5.32 Å². The summed E-state index contributed by atoms with van der Waals surface area (Å²) >= 11 is 0. The molecular formula is C14H15FN2O2. The lowest BCUT2D eigenvalue weighted by molar-refractivity contribution is -0.126. The van der Waals surface area contributed by atoms with E-state index < -0.39 is 5.82 Å². The van der Waals surface area contributed by atoms with Gasteiger partial charge < -0.3 is 10.2 Å². The number of hydrogen-bond acceptors (Lipinski definition) is 2. The molecule has 1 heterocycles. The van der Waals surface area contributed by atoms with Gasteiger partial charge in [-0.2, -0.15) is 0 Å². The molecule has 1 aliphatic carbocycles. The second-order valence-corrected chi connectivity index (χ2v) is 5.14. The molecule has 19 heavy (non-hydrogen) atoms. The molecule has 100 valence electrons. The van der Waals surface area contributed by atoms with E-state index in [-0.39, 0.29) is 42.4 Å². The first-order valence-corrected chi connectivity index (χ1v) is 6.50. The van der Waals surface area contributed by atoms with Gasteiger partial charge in [-0.1, -0.05) is 12.1 Å². The summed E-state index contributed by atoms with van der Waals surface area (Å²) in [7, 11) is 0. The summed E-state index contributed by atoms with van der Waals surface area (Å²) < 4.78 is 13.7. The van der Waals surface area contributed by atoms with Gasteiger partial charge in [0.1, 0.15) is 5.82 Å². The van der Waals surface area contributed by atoms with E-state index >= 15 is 0 Å². The van der Waals surface area contributed by atoms with Gasteiger partial charge in [-0.05, 0) is 25.0 Å². The summed E-state index contributed by atoms with van der Waals surface area (Å²) in [5, 5.41) is 2.89. The Labute approximate surface area is 110 Å². The molecular weight excluding hydrogens is 247 g/mol. The van der Waals surface area contributed by atoms with Crippen molar-refractivity contribution in [1.29, 1.82) is 0 Å². The standard InChI is InChI=1S/C14H15FN2O2/c15-11-3-1-2-4-12(11)17-8-9(7-13(17)18)14(19)16-10-5-6-10/h1-4,9-10H,5-8H2,(H,16,19). The third-order valence-electron chi connectivity index (χ3n) is 3.56. The molecule has 1 N–H and O–H groups in total. The van der Waals surface area contributed by atoms with Crippen LogP contribution >= 0.6 is 0 Å². The maximum atomic E-state index is 13.7. The Hall–Kier alpha value is -1.91.